The Labute approximate surface area is 113 Å². The summed E-state index contributed by atoms with van der Waals surface area (Å²) in [4.78, 5) is 2.01. The summed E-state index contributed by atoms with van der Waals surface area (Å²) in [6, 6.07) is 1.81. The Kier molecular flexibility index (Phi) is 3.86. The number of fused-ring (bicyclic) bond motifs is 1. The van der Waals surface area contributed by atoms with Gasteiger partial charge in [-0.3, -0.25) is 0 Å². The number of anilines is 1. The first-order valence-corrected chi connectivity index (χ1v) is 6.40. The quantitative estimate of drug-likeness (QED) is 0.877. The van der Waals surface area contributed by atoms with Gasteiger partial charge in [-0.1, -0.05) is 12.2 Å². The van der Waals surface area contributed by atoms with Crippen LogP contribution in [-0.2, 0) is 0 Å². The highest BCUT2D eigenvalue weighted by atomic mass is 79.9. The first-order chi connectivity index (χ1) is 8.13. The molecule has 2 aromatic heterocycles. The standard InChI is InChI=1S/C11H13BrN2O2S/c1-13-3-4-14(2)9-5-8(17)11-10(16-9)7(12)6-15-11/h5-6,13H,3-4H2,1-2H3. The van der Waals surface area contributed by atoms with Crippen molar-refractivity contribution in [3.63, 3.8) is 0 Å². The molecule has 92 valence electrons. The zero-order valence-electron chi connectivity index (χ0n) is 9.62. The zero-order chi connectivity index (χ0) is 12.4. The van der Waals surface area contributed by atoms with Crippen LogP contribution in [0.5, 0.6) is 0 Å². The van der Waals surface area contributed by atoms with Crippen molar-refractivity contribution in [3.05, 3.63) is 21.3 Å². The maximum Gasteiger partial charge on any atom is 0.197 e. The molecule has 0 aliphatic rings. The number of furan rings is 1. The van der Waals surface area contributed by atoms with Crippen molar-refractivity contribution < 1.29 is 8.83 Å². The molecule has 0 aromatic carbocycles. The van der Waals surface area contributed by atoms with Gasteiger partial charge in [-0.05, 0) is 23.0 Å². The van der Waals surface area contributed by atoms with Crippen LogP contribution in [0.3, 0.4) is 0 Å². The maximum atomic E-state index is 5.76. The Morgan fingerprint density at radius 1 is 1.47 bits per heavy atom. The summed E-state index contributed by atoms with van der Waals surface area (Å²) in [6.45, 7) is 1.72. The van der Waals surface area contributed by atoms with E-state index < -0.39 is 0 Å². The van der Waals surface area contributed by atoms with E-state index in [4.69, 9.17) is 21.1 Å². The number of likely N-dealkylation sites (N-methyl/N-ethyl adjacent to an activating group) is 2. The molecule has 0 amide bonds. The third-order valence-corrected chi connectivity index (χ3v) is 3.31. The fourth-order valence-electron chi connectivity index (χ4n) is 1.48. The summed E-state index contributed by atoms with van der Waals surface area (Å²) in [7, 11) is 3.88. The van der Waals surface area contributed by atoms with Gasteiger partial charge in [0, 0.05) is 26.2 Å². The highest BCUT2D eigenvalue weighted by molar-refractivity contribution is 9.10. The van der Waals surface area contributed by atoms with Gasteiger partial charge in [0.15, 0.2) is 17.1 Å². The first-order valence-electron chi connectivity index (χ1n) is 5.20. The molecule has 17 heavy (non-hydrogen) atoms. The van der Waals surface area contributed by atoms with E-state index in [1.165, 1.54) is 0 Å². The Morgan fingerprint density at radius 3 is 2.94 bits per heavy atom. The Hall–Kier alpha value is -0.850. The molecular weight excluding hydrogens is 304 g/mol. The second kappa shape index (κ2) is 5.20. The molecule has 0 radical (unpaired) electrons. The van der Waals surface area contributed by atoms with E-state index in [1.54, 1.807) is 6.26 Å². The highest BCUT2D eigenvalue weighted by Crippen LogP contribution is 2.30. The van der Waals surface area contributed by atoms with Crippen LogP contribution in [0, 0.1) is 4.51 Å². The van der Waals surface area contributed by atoms with Gasteiger partial charge in [-0.2, -0.15) is 0 Å². The molecule has 6 heteroatoms. The van der Waals surface area contributed by atoms with Crippen molar-refractivity contribution in [2.75, 3.05) is 32.1 Å². The van der Waals surface area contributed by atoms with E-state index in [0.717, 1.165) is 23.4 Å². The van der Waals surface area contributed by atoms with E-state index in [-0.39, 0.29) is 0 Å². The molecule has 0 bridgehead atoms. The molecule has 0 aliphatic carbocycles. The molecular formula is C11H13BrN2O2S. The van der Waals surface area contributed by atoms with Gasteiger partial charge in [0.05, 0.1) is 8.98 Å². The fraction of sp³-hybridized carbons (Fsp3) is 0.364. The smallest absolute Gasteiger partial charge is 0.197 e. The number of hydrogen-bond acceptors (Lipinski definition) is 5. The summed E-state index contributed by atoms with van der Waals surface area (Å²) in [5.41, 5.74) is 1.27. The average Bonchev–Trinajstić information content (AvgIpc) is 2.69. The van der Waals surface area contributed by atoms with Crippen LogP contribution in [0.4, 0.5) is 5.88 Å². The molecule has 0 saturated carbocycles. The Bertz CT molecular complexity index is 578. The number of halogens is 1. The Balaban J connectivity index is 2.42. The lowest BCUT2D eigenvalue weighted by Crippen LogP contribution is -2.26. The minimum absolute atomic E-state index is 0.609. The van der Waals surface area contributed by atoms with Crippen LogP contribution in [0.15, 0.2) is 25.6 Å². The Morgan fingerprint density at radius 2 is 2.24 bits per heavy atom. The number of nitrogens with zero attached hydrogens (tertiary/aromatic N) is 1. The maximum absolute atomic E-state index is 5.76. The third-order valence-electron chi connectivity index (χ3n) is 2.46. The lowest BCUT2D eigenvalue weighted by Gasteiger charge is -2.17. The van der Waals surface area contributed by atoms with Crippen LogP contribution in [0.2, 0.25) is 0 Å². The predicted molar refractivity (Wildman–Crippen MR) is 74.2 cm³/mol. The van der Waals surface area contributed by atoms with Crippen molar-refractivity contribution in [1.29, 1.82) is 0 Å². The van der Waals surface area contributed by atoms with Gasteiger partial charge in [0.25, 0.3) is 0 Å². The van der Waals surface area contributed by atoms with Crippen LogP contribution in [-0.4, -0.2) is 27.2 Å². The molecule has 2 rings (SSSR count). The normalized spacial score (nSPS) is 11.0. The van der Waals surface area contributed by atoms with Crippen molar-refractivity contribution >= 4 is 45.2 Å². The molecule has 0 saturated heterocycles. The van der Waals surface area contributed by atoms with Gasteiger partial charge in [-0.15, -0.1) is 0 Å². The summed E-state index contributed by atoms with van der Waals surface area (Å²) in [6.07, 6.45) is 1.58. The molecule has 0 fully saturated rings. The number of nitrogens with one attached hydrogen (secondary N) is 1. The van der Waals surface area contributed by atoms with Crippen LogP contribution < -0.4 is 10.2 Å². The van der Waals surface area contributed by atoms with Gasteiger partial charge >= 0.3 is 0 Å². The van der Waals surface area contributed by atoms with Gasteiger partial charge < -0.3 is 19.1 Å². The summed E-state index contributed by atoms with van der Waals surface area (Å²) >= 11 is 8.64. The van der Waals surface area contributed by atoms with Crippen molar-refractivity contribution in [2.45, 2.75) is 0 Å². The second-order valence-corrected chi connectivity index (χ2v) is 5.01. The zero-order valence-corrected chi connectivity index (χ0v) is 12.0. The van der Waals surface area contributed by atoms with Crippen molar-refractivity contribution in [1.82, 2.24) is 5.32 Å². The van der Waals surface area contributed by atoms with Gasteiger partial charge in [0.1, 0.15) is 6.26 Å². The lowest BCUT2D eigenvalue weighted by atomic mass is 10.4. The van der Waals surface area contributed by atoms with Gasteiger partial charge in [0.2, 0.25) is 0 Å². The van der Waals surface area contributed by atoms with Crippen LogP contribution in [0.25, 0.3) is 11.2 Å². The van der Waals surface area contributed by atoms with Crippen molar-refractivity contribution in [2.24, 2.45) is 0 Å². The summed E-state index contributed by atoms with van der Waals surface area (Å²) < 4.78 is 12.5. The van der Waals surface area contributed by atoms with E-state index in [9.17, 15) is 0 Å². The molecule has 1 N–H and O–H groups in total. The molecule has 0 spiro atoms. The average molecular weight is 317 g/mol. The van der Waals surface area contributed by atoms with E-state index >= 15 is 0 Å². The SMILES string of the molecule is CNCCN(C)c1cc(=S)c2occ(Br)c2o1. The molecule has 2 heterocycles. The van der Waals surface area contributed by atoms with E-state index in [0.29, 0.717) is 15.7 Å². The molecule has 0 atom stereocenters. The summed E-state index contributed by atoms with van der Waals surface area (Å²) in [5.74, 6) is 0.736. The molecule has 4 nitrogen and oxygen atoms in total. The lowest BCUT2D eigenvalue weighted by molar-refractivity contribution is 0.567. The van der Waals surface area contributed by atoms with Gasteiger partial charge in [-0.25, -0.2) is 0 Å². The van der Waals surface area contributed by atoms with Crippen molar-refractivity contribution in [3.8, 4) is 0 Å². The fourth-order valence-corrected chi connectivity index (χ4v) is 2.08. The highest BCUT2D eigenvalue weighted by Gasteiger charge is 2.11. The molecule has 2 aromatic rings. The second-order valence-electron chi connectivity index (χ2n) is 3.72. The molecule has 0 aliphatic heterocycles. The van der Waals surface area contributed by atoms with Crippen LogP contribution in [0.1, 0.15) is 0 Å². The summed E-state index contributed by atoms with van der Waals surface area (Å²) in [5, 5.41) is 3.09. The third kappa shape index (κ3) is 2.53. The topological polar surface area (TPSA) is 41.5 Å². The monoisotopic (exact) mass is 316 g/mol. The number of rotatable bonds is 4. The molecule has 0 unspecified atom stereocenters. The largest absolute Gasteiger partial charge is 0.458 e. The van der Waals surface area contributed by atoms with Crippen LogP contribution >= 0.6 is 28.1 Å². The van der Waals surface area contributed by atoms with E-state index in [2.05, 4.69) is 21.2 Å². The minimum Gasteiger partial charge on any atom is -0.458 e. The first kappa shape index (κ1) is 12.6. The van der Waals surface area contributed by atoms with E-state index in [1.807, 2.05) is 25.1 Å². The number of hydrogen-bond donors (Lipinski definition) is 1. The minimum atomic E-state index is 0.609. The predicted octanol–water partition coefficient (Wildman–Crippen LogP) is 3.17.